The first-order chi connectivity index (χ1) is 13.0. The average molecular weight is 369 g/mol. The van der Waals surface area contributed by atoms with Gasteiger partial charge in [0, 0.05) is 17.7 Å². The van der Waals surface area contributed by atoms with Crippen LogP contribution in [0.1, 0.15) is 36.2 Å². The summed E-state index contributed by atoms with van der Waals surface area (Å²) in [4.78, 5) is 24.3. The van der Waals surface area contributed by atoms with Crippen molar-refractivity contribution in [3.8, 4) is 28.4 Å². The number of carbonyl (C=O) groups is 2. The van der Waals surface area contributed by atoms with Crippen molar-refractivity contribution in [1.29, 1.82) is 0 Å². The van der Waals surface area contributed by atoms with Crippen LogP contribution in [0.5, 0.6) is 17.2 Å². The van der Waals surface area contributed by atoms with Gasteiger partial charge in [0.15, 0.2) is 11.5 Å². The topological polar surface area (TPSA) is 73.9 Å². The van der Waals surface area contributed by atoms with Gasteiger partial charge < -0.3 is 19.5 Å². The van der Waals surface area contributed by atoms with Gasteiger partial charge in [-0.25, -0.2) is 0 Å². The Balaban J connectivity index is 2.12. The number of esters is 1. The van der Waals surface area contributed by atoms with Crippen LogP contribution in [0.15, 0.2) is 30.3 Å². The molecule has 2 aromatic rings. The second-order valence-corrected chi connectivity index (χ2v) is 6.46. The minimum Gasteiger partial charge on any atom is -0.493 e. The highest BCUT2D eigenvalue weighted by Gasteiger charge is 2.24. The summed E-state index contributed by atoms with van der Waals surface area (Å²) in [5, 5.41) is 2.80. The first-order valence-corrected chi connectivity index (χ1v) is 8.88. The van der Waals surface area contributed by atoms with Crippen molar-refractivity contribution in [2.75, 3.05) is 14.2 Å². The van der Waals surface area contributed by atoms with E-state index in [1.165, 1.54) is 14.2 Å². The van der Waals surface area contributed by atoms with Crippen LogP contribution in [0.25, 0.3) is 11.1 Å². The summed E-state index contributed by atoms with van der Waals surface area (Å²) in [7, 11) is 3.04. The summed E-state index contributed by atoms with van der Waals surface area (Å²) in [6, 6.07) is 9.14. The van der Waals surface area contributed by atoms with Gasteiger partial charge >= 0.3 is 5.97 Å². The summed E-state index contributed by atoms with van der Waals surface area (Å²) >= 11 is 0. The maximum Gasteiger partial charge on any atom is 0.314 e. The molecule has 0 saturated heterocycles. The maximum absolute atomic E-state index is 12.5. The molecule has 0 bridgehead atoms. The second kappa shape index (κ2) is 7.70. The van der Waals surface area contributed by atoms with Gasteiger partial charge in [0.05, 0.1) is 20.1 Å². The lowest BCUT2D eigenvalue weighted by Gasteiger charge is -2.18. The Bertz CT molecular complexity index is 890. The molecule has 1 heterocycles. The zero-order chi connectivity index (χ0) is 19.6. The number of rotatable bonds is 6. The van der Waals surface area contributed by atoms with E-state index in [0.717, 1.165) is 11.1 Å². The van der Waals surface area contributed by atoms with E-state index < -0.39 is 0 Å². The van der Waals surface area contributed by atoms with Crippen LogP contribution in [0.2, 0.25) is 0 Å². The summed E-state index contributed by atoms with van der Waals surface area (Å²) in [6.07, 6.45) is 0.674. The molecule has 0 aliphatic carbocycles. The number of ether oxygens (including phenoxy) is 3. The van der Waals surface area contributed by atoms with Crippen molar-refractivity contribution >= 4 is 11.9 Å². The van der Waals surface area contributed by atoms with E-state index in [9.17, 15) is 9.59 Å². The Kier molecular flexibility index (Phi) is 5.35. The molecule has 1 atom stereocenters. The second-order valence-electron chi connectivity index (χ2n) is 6.46. The number of amides is 1. The molecular weight excluding hydrogens is 346 g/mol. The lowest BCUT2D eigenvalue weighted by molar-refractivity contribution is -0.138. The highest BCUT2D eigenvalue weighted by molar-refractivity contribution is 5.99. The minimum atomic E-state index is -0.330. The van der Waals surface area contributed by atoms with Gasteiger partial charge in [0.25, 0.3) is 5.91 Å². The third-order valence-corrected chi connectivity index (χ3v) is 4.82. The van der Waals surface area contributed by atoms with E-state index in [1.807, 2.05) is 32.0 Å². The van der Waals surface area contributed by atoms with Gasteiger partial charge in [-0.05, 0) is 41.8 Å². The van der Waals surface area contributed by atoms with Gasteiger partial charge in [0.2, 0.25) is 5.75 Å². The molecular formula is C21H23NO5. The number of hydrogen-bond donors (Lipinski definition) is 1. The zero-order valence-corrected chi connectivity index (χ0v) is 15.9. The predicted octanol–water partition coefficient (Wildman–Crippen LogP) is 3.57. The molecule has 2 aromatic carbocycles. The van der Waals surface area contributed by atoms with Crippen molar-refractivity contribution in [2.24, 2.45) is 5.92 Å². The largest absolute Gasteiger partial charge is 0.493 e. The van der Waals surface area contributed by atoms with E-state index in [-0.39, 0.29) is 17.8 Å². The van der Waals surface area contributed by atoms with E-state index in [4.69, 9.17) is 14.2 Å². The predicted molar refractivity (Wildman–Crippen MR) is 101 cm³/mol. The third kappa shape index (κ3) is 3.47. The monoisotopic (exact) mass is 369 g/mol. The molecule has 0 fully saturated rings. The van der Waals surface area contributed by atoms with Crippen LogP contribution in [-0.2, 0) is 11.3 Å². The van der Waals surface area contributed by atoms with E-state index >= 15 is 0 Å². The van der Waals surface area contributed by atoms with Crippen LogP contribution in [0, 0.1) is 5.92 Å². The van der Waals surface area contributed by atoms with Gasteiger partial charge in [-0.1, -0.05) is 19.9 Å². The number of fused-ring (bicyclic) bond motifs is 1. The van der Waals surface area contributed by atoms with Crippen LogP contribution in [0.4, 0.5) is 0 Å². The summed E-state index contributed by atoms with van der Waals surface area (Å²) < 4.78 is 16.6. The highest BCUT2D eigenvalue weighted by Crippen LogP contribution is 2.45. The fraction of sp³-hybridized carbons (Fsp3) is 0.333. The van der Waals surface area contributed by atoms with Crippen LogP contribution in [0.3, 0.4) is 0 Å². The zero-order valence-electron chi connectivity index (χ0n) is 15.9. The van der Waals surface area contributed by atoms with Gasteiger partial charge in [0.1, 0.15) is 0 Å². The lowest BCUT2D eigenvalue weighted by atomic mass is 9.99. The number of nitrogens with one attached hydrogen (secondary N) is 1. The van der Waals surface area contributed by atoms with Crippen LogP contribution in [-0.4, -0.2) is 26.1 Å². The minimum absolute atomic E-state index is 0.0766. The molecule has 1 N–H and O–H groups in total. The summed E-state index contributed by atoms with van der Waals surface area (Å²) in [5.74, 6) is 0.512. The van der Waals surface area contributed by atoms with Gasteiger partial charge in [-0.15, -0.1) is 0 Å². The van der Waals surface area contributed by atoms with Crippen LogP contribution < -0.4 is 19.5 Å². The maximum atomic E-state index is 12.5. The normalized spacial score (nSPS) is 13.6. The quantitative estimate of drug-likeness (QED) is 0.622. The number of carbonyl (C=O) groups excluding carboxylic acids is 2. The molecule has 27 heavy (non-hydrogen) atoms. The smallest absolute Gasteiger partial charge is 0.314 e. The standard InChI is InChI=1S/C21H23NO5/c1-5-12(2)21(24)27-18-15(8-9-17(25-3)19(18)26-4)13-6-7-16-14(10-13)11-22-20(16)23/h6-10,12H,5,11H2,1-4H3,(H,22,23). The number of hydrogen-bond acceptors (Lipinski definition) is 5. The molecule has 0 saturated carbocycles. The average Bonchev–Trinajstić information content (AvgIpc) is 3.06. The Morgan fingerprint density at radius 1 is 1.11 bits per heavy atom. The molecule has 1 amide bonds. The van der Waals surface area contributed by atoms with E-state index in [1.54, 1.807) is 12.1 Å². The SMILES string of the molecule is CCC(C)C(=O)Oc1c(-c2ccc3c(c2)CNC3=O)ccc(OC)c1OC. The van der Waals surface area contributed by atoms with Crippen molar-refractivity contribution in [2.45, 2.75) is 26.8 Å². The summed E-state index contributed by atoms with van der Waals surface area (Å²) in [6.45, 7) is 4.23. The molecule has 1 unspecified atom stereocenters. The van der Waals surface area contributed by atoms with Gasteiger partial charge in [-0.3, -0.25) is 9.59 Å². The third-order valence-electron chi connectivity index (χ3n) is 4.82. The van der Waals surface area contributed by atoms with Crippen molar-refractivity contribution in [1.82, 2.24) is 5.32 Å². The fourth-order valence-electron chi connectivity index (χ4n) is 2.99. The number of methoxy groups -OCH3 is 2. The molecule has 6 heteroatoms. The van der Waals surface area contributed by atoms with E-state index in [2.05, 4.69) is 5.32 Å². The summed E-state index contributed by atoms with van der Waals surface area (Å²) in [5.41, 5.74) is 3.11. The fourth-order valence-corrected chi connectivity index (χ4v) is 2.99. The van der Waals surface area contributed by atoms with Gasteiger partial charge in [-0.2, -0.15) is 0 Å². The highest BCUT2D eigenvalue weighted by atomic mass is 16.6. The molecule has 1 aliphatic rings. The van der Waals surface area contributed by atoms with Crippen molar-refractivity contribution in [3.63, 3.8) is 0 Å². The lowest BCUT2D eigenvalue weighted by Crippen LogP contribution is -2.18. The Labute approximate surface area is 158 Å². The van der Waals surface area contributed by atoms with Crippen molar-refractivity contribution < 1.29 is 23.8 Å². The molecule has 0 aromatic heterocycles. The first-order valence-electron chi connectivity index (χ1n) is 8.88. The molecule has 6 nitrogen and oxygen atoms in total. The first kappa shape index (κ1) is 18.8. The number of benzene rings is 2. The van der Waals surface area contributed by atoms with Crippen LogP contribution >= 0.6 is 0 Å². The molecule has 142 valence electrons. The molecule has 3 rings (SSSR count). The molecule has 0 radical (unpaired) electrons. The van der Waals surface area contributed by atoms with E-state index in [0.29, 0.717) is 41.3 Å². The van der Waals surface area contributed by atoms with Crippen molar-refractivity contribution in [3.05, 3.63) is 41.5 Å². The molecule has 0 spiro atoms. The Morgan fingerprint density at radius 2 is 1.85 bits per heavy atom. The Hall–Kier alpha value is -3.02. The molecule has 1 aliphatic heterocycles. The Morgan fingerprint density at radius 3 is 2.52 bits per heavy atom.